The van der Waals surface area contributed by atoms with Gasteiger partial charge in [-0.05, 0) is 30.9 Å². The van der Waals surface area contributed by atoms with Crippen LogP contribution in [0.5, 0.6) is 5.75 Å². The number of rotatable bonds is 6. The van der Waals surface area contributed by atoms with Gasteiger partial charge in [0.1, 0.15) is 5.82 Å². The van der Waals surface area contributed by atoms with Crippen molar-refractivity contribution in [3.05, 3.63) is 29.8 Å². The lowest BCUT2D eigenvalue weighted by Crippen LogP contribution is -2.45. The molecule has 1 fully saturated rings. The van der Waals surface area contributed by atoms with E-state index in [4.69, 9.17) is 9.84 Å². The Hall–Kier alpha value is -2.18. The fraction of sp³-hybridized carbons (Fsp3) is 0.529. The number of piperidine rings is 1. The van der Waals surface area contributed by atoms with Crippen LogP contribution in [0.1, 0.15) is 26.2 Å². The summed E-state index contributed by atoms with van der Waals surface area (Å²) in [6.07, 6.45) is 1.15. The number of likely N-dealkylation sites (tertiary alicyclic amines) is 1. The summed E-state index contributed by atoms with van der Waals surface area (Å²) in [5.74, 6) is -2.90. The highest BCUT2D eigenvalue weighted by Gasteiger charge is 2.31. The molecule has 1 aromatic rings. The number of halogens is 2. The average Bonchev–Trinajstić information content (AvgIpc) is 2.52. The summed E-state index contributed by atoms with van der Waals surface area (Å²) < 4.78 is 31.4. The van der Waals surface area contributed by atoms with Crippen LogP contribution in [-0.4, -0.2) is 41.6 Å². The van der Waals surface area contributed by atoms with E-state index in [-0.39, 0.29) is 37.1 Å². The van der Waals surface area contributed by atoms with E-state index in [1.54, 1.807) is 4.90 Å². The van der Waals surface area contributed by atoms with Crippen LogP contribution in [-0.2, 0) is 9.59 Å². The van der Waals surface area contributed by atoms with Gasteiger partial charge in [-0.25, -0.2) is 8.78 Å². The van der Waals surface area contributed by atoms with E-state index >= 15 is 0 Å². The van der Waals surface area contributed by atoms with Crippen molar-refractivity contribution in [1.82, 2.24) is 4.90 Å². The third kappa shape index (κ3) is 4.91. The molecule has 1 aromatic carbocycles. The molecule has 0 aromatic heterocycles. The molecule has 2 atom stereocenters. The van der Waals surface area contributed by atoms with Gasteiger partial charge in [0.05, 0.1) is 12.5 Å². The highest BCUT2D eigenvalue weighted by atomic mass is 19.1. The predicted molar refractivity (Wildman–Crippen MR) is 82.6 cm³/mol. The lowest BCUT2D eigenvalue weighted by molar-refractivity contribution is -0.147. The quantitative estimate of drug-likeness (QED) is 0.808. The molecule has 1 aliphatic heterocycles. The number of nitrogens with zero attached hydrogens (tertiary/aromatic N) is 1. The van der Waals surface area contributed by atoms with E-state index < -0.39 is 23.5 Å². The van der Waals surface area contributed by atoms with Crippen LogP contribution in [0.2, 0.25) is 0 Å². The number of carbonyl (C=O) groups is 2. The van der Waals surface area contributed by atoms with Crippen molar-refractivity contribution in [2.24, 2.45) is 11.8 Å². The Kier molecular flexibility index (Phi) is 6.11. The van der Waals surface area contributed by atoms with Crippen LogP contribution in [0.3, 0.4) is 0 Å². The molecule has 1 heterocycles. The van der Waals surface area contributed by atoms with Crippen LogP contribution in [0.15, 0.2) is 18.2 Å². The molecule has 1 saturated heterocycles. The summed E-state index contributed by atoms with van der Waals surface area (Å²) in [5, 5.41) is 9.12. The second-order valence-corrected chi connectivity index (χ2v) is 6.20. The molecule has 132 valence electrons. The largest absolute Gasteiger partial charge is 0.491 e. The smallest absolute Gasteiger partial charge is 0.308 e. The zero-order valence-electron chi connectivity index (χ0n) is 13.5. The Labute approximate surface area is 139 Å². The third-order valence-electron chi connectivity index (χ3n) is 4.05. The monoisotopic (exact) mass is 341 g/mol. The van der Waals surface area contributed by atoms with Gasteiger partial charge < -0.3 is 14.7 Å². The van der Waals surface area contributed by atoms with Crippen LogP contribution in [0, 0.1) is 23.5 Å². The fourth-order valence-electron chi connectivity index (χ4n) is 2.89. The first-order valence-corrected chi connectivity index (χ1v) is 7.95. The number of carboxylic acid groups (broad SMARTS) is 1. The topological polar surface area (TPSA) is 66.8 Å². The molecule has 1 amide bonds. The number of amides is 1. The van der Waals surface area contributed by atoms with Crippen molar-refractivity contribution in [3.8, 4) is 5.75 Å². The first-order chi connectivity index (χ1) is 11.4. The zero-order chi connectivity index (χ0) is 17.7. The molecule has 2 rings (SSSR count). The molecule has 1 N–H and O–H groups in total. The van der Waals surface area contributed by atoms with E-state index in [0.29, 0.717) is 19.4 Å². The van der Waals surface area contributed by atoms with Crippen LogP contribution >= 0.6 is 0 Å². The molecular weight excluding hydrogens is 320 g/mol. The minimum absolute atomic E-state index is 0.0543. The average molecular weight is 341 g/mol. The normalized spacial score (nSPS) is 20.7. The molecule has 0 saturated carbocycles. The van der Waals surface area contributed by atoms with Gasteiger partial charge >= 0.3 is 5.97 Å². The molecule has 2 unspecified atom stereocenters. The molecule has 1 aliphatic rings. The molecule has 7 heteroatoms. The van der Waals surface area contributed by atoms with Gasteiger partial charge in [0.15, 0.2) is 11.6 Å². The SMILES string of the molecule is CC1CC(C(=O)O)CN(C(=O)CCCOc2ccc(F)cc2F)C1. The number of carbonyl (C=O) groups excluding carboxylic acids is 1. The van der Waals surface area contributed by atoms with Gasteiger partial charge in [-0.2, -0.15) is 0 Å². The zero-order valence-corrected chi connectivity index (χ0v) is 13.5. The molecule has 5 nitrogen and oxygen atoms in total. The lowest BCUT2D eigenvalue weighted by Gasteiger charge is -2.34. The van der Waals surface area contributed by atoms with Crippen molar-refractivity contribution in [3.63, 3.8) is 0 Å². The summed E-state index contributed by atoms with van der Waals surface area (Å²) in [6.45, 7) is 2.83. The van der Waals surface area contributed by atoms with Crippen LogP contribution < -0.4 is 4.74 Å². The number of carboxylic acids is 1. The molecule has 24 heavy (non-hydrogen) atoms. The van der Waals surface area contributed by atoms with E-state index in [1.165, 1.54) is 6.07 Å². The van der Waals surface area contributed by atoms with Crippen molar-refractivity contribution < 1.29 is 28.2 Å². The van der Waals surface area contributed by atoms with Gasteiger partial charge in [0, 0.05) is 25.6 Å². The minimum Gasteiger partial charge on any atom is -0.491 e. The maximum absolute atomic E-state index is 13.4. The van der Waals surface area contributed by atoms with Crippen LogP contribution in [0.4, 0.5) is 8.78 Å². The standard InChI is InChI=1S/C17H21F2NO4/c1-11-7-12(17(22)23)10-20(9-11)16(21)3-2-6-24-15-5-4-13(18)8-14(15)19/h4-5,8,11-12H,2-3,6-7,9-10H2,1H3,(H,22,23). The van der Waals surface area contributed by atoms with Crippen molar-refractivity contribution in [1.29, 1.82) is 0 Å². The summed E-state index contributed by atoms with van der Waals surface area (Å²) in [7, 11) is 0. The van der Waals surface area contributed by atoms with E-state index in [2.05, 4.69) is 0 Å². The van der Waals surface area contributed by atoms with E-state index in [9.17, 15) is 18.4 Å². The van der Waals surface area contributed by atoms with Gasteiger partial charge in [-0.15, -0.1) is 0 Å². The van der Waals surface area contributed by atoms with Crippen molar-refractivity contribution in [2.75, 3.05) is 19.7 Å². The Bertz CT molecular complexity index is 608. The van der Waals surface area contributed by atoms with E-state index in [1.807, 2.05) is 6.92 Å². The van der Waals surface area contributed by atoms with Crippen molar-refractivity contribution in [2.45, 2.75) is 26.2 Å². The molecule has 0 radical (unpaired) electrons. The number of hydrogen-bond donors (Lipinski definition) is 1. The fourth-order valence-corrected chi connectivity index (χ4v) is 2.89. The maximum Gasteiger partial charge on any atom is 0.308 e. The summed E-state index contributed by atoms with van der Waals surface area (Å²) in [6, 6.07) is 3.04. The van der Waals surface area contributed by atoms with Gasteiger partial charge in [0.25, 0.3) is 0 Å². The Morgan fingerprint density at radius 1 is 1.33 bits per heavy atom. The molecule has 0 bridgehead atoms. The van der Waals surface area contributed by atoms with E-state index in [0.717, 1.165) is 12.1 Å². The highest BCUT2D eigenvalue weighted by Crippen LogP contribution is 2.23. The van der Waals surface area contributed by atoms with Crippen LogP contribution in [0.25, 0.3) is 0 Å². The Morgan fingerprint density at radius 3 is 2.75 bits per heavy atom. The first kappa shape index (κ1) is 18.2. The Balaban J connectivity index is 1.77. The first-order valence-electron chi connectivity index (χ1n) is 7.95. The van der Waals surface area contributed by atoms with Gasteiger partial charge in [-0.1, -0.05) is 6.92 Å². The molecule has 0 aliphatic carbocycles. The lowest BCUT2D eigenvalue weighted by atomic mass is 9.90. The molecular formula is C17H21F2NO4. The third-order valence-corrected chi connectivity index (χ3v) is 4.05. The Morgan fingerprint density at radius 2 is 2.08 bits per heavy atom. The number of benzene rings is 1. The van der Waals surface area contributed by atoms with Crippen molar-refractivity contribution >= 4 is 11.9 Å². The number of aliphatic carboxylic acids is 1. The summed E-state index contributed by atoms with van der Waals surface area (Å²) in [4.78, 5) is 24.9. The minimum atomic E-state index is -0.880. The maximum atomic E-state index is 13.4. The van der Waals surface area contributed by atoms with Gasteiger partial charge in [0.2, 0.25) is 5.91 Å². The number of hydrogen-bond acceptors (Lipinski definition) is 3. The summed E-state index contributed by atoms with van der Waals surface area (Å²) in [5.41, 5.74) is 0. The predicted octanol–water partition coefficient (Wildman–Crippen LogP) is 2.69. The second kappa shape index (κ2) is 8.08. The van der Waals surface area contributed by atoms with Gasteiger partial charge in [-0.3, -0.25) is 9.59 Å². The summed E-state index contributed by atoms with van der Waals surface area (Å²) >= 11 is 0. The number of ether oxygens (including phenoxy) is 1. The molecule has 0 spiro atoms. The second-order valence-electron chi connectivity index (χ2n) is 6.20. The highest BCUT2D eigenvalue weighted by molar-refractivity contribution is 5.78.